The van der Waals surface area contributed by atoms with Crippen molar-refractivity contribution < 1.29 is 17.3 Å². The number of hydrogen-bond donors (Lipinski definition) is 0. The van der Waals surface area contributed by atoms with Crippen LogP contribution in [0.5, 0.6) is 0 Å². The van der Waals surface area contributed by atoms with Gasteiger partial charge in [-0.1, -0.05) is 0 Å². The van der Waals surface area contributed by atoms with Crippen molar-refractivity contribution in [1.29, 1.82) is 0 Å². The molecule has 1 aromatic rings. The van der Waals surface area contributed by atoms with Crippen LogP contribution in [0.1, 0.15) is 9.81 Å². The van der Waals surface area contributed by atoms with Crippen LogP contribution in [0.25, 0.3) is 0 Å². The number of alkyl halides is 3. The molecule has 1 aromatic heterocycles. The van der Waals surface area contributed by atoms with E-state index in [9.17, 15) is 13.2 Å². The van der Waals surface area contributed by atoms with Crippen molar-refractivity contribution in [3.63, 3.8) is 0 Å². The van der Waals surface area contributed by atoms with Crippen LogP contribution in [-0.2, 0) is 13.2 Å². The predicted octanol–water partition coefficient (Wildman–Crippen LogP) is 2.09. The van der Waals surface area contributed by atoms with E-state index < -0.39 is 24.1 Å². The summed E-state index contributed by atoms with van der Waals surface area (Å²) in [5, 5.41) is -0.711. The Morgan fingerprint density at radius 1 is 1.73 bits per heavy atom. The molecule has 6 heteroatoms. The molecule has 0 aliphatic rings. The Balaban J connectivity index is 3.19. The van der Waals surface area contributed by atoms with Crippen LogP contribution in [-0.4, -0.2) is 9.55 Å². The number of nitrogens with zero attached hydrogens (tertiary/aromatic N) is 2. The molecule has 0 atom stereocenters. The second kappa shape index (κ2) is 2.41. The molecule has 0 radical (unpaired) electrons. The van der Waals surface area contributed by atoms with Crippen molar-refractivity contribution in [2.24, 2.45) is 6.98 Å². The number of halogens is 4. The number of aromatic nitrogens is 2. The van der Waals surface area contributed by atoms with Gasteiger partial charge in [-0.2, -0.15) is 13.2 Å². The molecule has 11 heavy (non-hydrogen) atoms. The Kier molecular flexibility index (Phi) is 1.10. The van der Waals surface area contributed by atoms with E-state index in [0.29, 0.717) is 6.20 Å². The van der Waals surface area contributed by atoms with Gasteiger partial charge < -0.3 is 4.57 Å². The van der Waals surface area contributed by atoms with Crippen molar-refractivity contribution in [2.45, 2.75) is 6.18 Å². The molecule has 0 fully saturated rings. The maximum Gasteiger partial charge on any atom is 0.434 e. The Morgan fingerprint density at radius 2 is 2.36 bits per heavy atom. The van der Waals surface area contributed by atoms with Crippen molar-refractivity contribution in [3.8, 4) is 0 Å². The first kappa shape index (κ1) is 5.03. The molecule has 0 saturated carbocycles. The monoisotopic (exact) mass is 187 g/mol. The largest absolute Gasteiger partial charge is 0.434 e. The third-order valence-corrected chi connectivity index (χ3v) is 1.22. The fourth-order valence-electron chi connectivity index (χ4n) is 0.494. The summed E-state index contributed by atoms with van der Waals surface area (Å²) < 4.78 is 57.0. The molecule has 2 nitrogen and oxygen atoms in total. The summed E-state index contributed by atoms with van der Waals surface area (Å²) in [6.07, 6.45) is -4.34. The molecule has 0 unspecified atom stereocenters. The van der Waals surface area contributed by atoms with Crippen LogP contribution in [0, 0.1) is 0 Å². The van der Waals surface area contributed by atoms with Gasteiger partial charge in [0.2, 0.25) is 5.28 Å². The van der Waals surface area contributed by atoms with Gasteiger partial charge >= 0.3 is 6.18 Å². The van der Waals surface area contributed by atoms with E-state index in [1.165, 1.54) is 0 Å². The summed E-state index contributed by atoms with van der Waals surface area (Å²) >= 11 is 5.23. The lowest BCUT2D eigenvalue weighted by Gasteiger charge is -1.98. The molecular formula is C5H4ClF3N2. The van der Waals surface area contributed by atoms with Gasteiger partial charge in [0.25, 0.3) is 0 Å². The third-order valence-electron chi connectivity index (χ3n) is 0.953. The first-order valence-electron chi connectivity index (χ1n) is 3.95. The number of aryl methyl sites for hydroxylation is 1. The molecule has 62 valence electrons. The van der Waals surface area contributed by atoms with E-state index in [2.05, 4.69) is 4.98 Å². The van der Waals surface area contributed by atoms with Gasteiger partial charge in [0, 0.05) is 17.3 Å². The second-order valence-corrected chi connectivity index (χ2v) is 2.10. The van der Waals surface area contributed by atoms with E-state index >= 15 is 0 Å². The Morgan fingerprint density at radius 3 is 2.64 bits per heavy atom. The minimum Gasteiger partial charge on any atom is -0.324 e. The van der Waals surface area contributed by atoms with Crippen LogP contribution in [0.15, 0.2) is 6.20 Å². The Bertz CT molecular complexity index is 343. The maximum atomic E-state index is 12.1. The normalized spacial score (nSPS) is 17.3. The highest BCUT2D eigenvalue weighted by Gasteiger charge is 2.34. The molecule has 1 heterocycles. The number of hydrogen-bond acceptors (Lipinski definition) is 1. The summed E-state index contributed by atoms with van der Waals surface area (Å²) in [5.41, 5.74) is -1.32. The van der Waals surface area contributed by atoms with Gasteiger partial charge in [0.05, 0.1) is 0 Å². The smallest absolute Gasteiger partial charge is 0.324 e. The summed E-state index contributed by atoms with van der Waals surface area (Å²) in [6.45, 7) is -2.76. The molecule has 0 aromatic carbocycles. The molecule has 0 N–H and O–H groups in total. The van der Waals surface area contributed by atoms with Crippen molar-refractivity contribution in [1.82, 2.24) is 9.55 Å². The van der Waals surface area contributed by atoms with Gasteiger partial charge in [-0.25, -0.2) is 4.98 Å². The van der Waals surface area contributed by atoms with Crippen molar-refractivity contribution in [2.75, 3.05) is 0 Å². The first-order chi connectivity index (χ1) is 6.12. The zero-order chi connectivity index (χ0) is 11.1. The molecular weight excluding hydrogens is 181 g/mol. The highest BCUT2D eigenvalue weighted by Crippen LogP contribution is 2.28. The molecule has 0 aliphatic carbocycles. The maximum absolute atomic E-state index is 12.1. The topological polar surface area (TPSA) is 17.8 Å². The van der Waals surface area contributed by atoms with E-state index in [1.54, 1.807) is 0 Å². The molecule has 0 aliphatic heterocycles. The van der Waals surface area contributed by atoms with Crippen LogP contribution in [0.3, 0.4) is 0 Å². The van der Waals surface area contributed by atoms with Crippen molar-refractivity contribution in [3.05, 3.63) is 17.2 Å². The summed E-state index contributed by atoms with van der Waals surface area (Å²) in [6, 6.07) is 0. The van der Waals surface area contributed by atoms with Crippen LogP contribution >= 0.6 is 11.6 Å². The van der Waals surface area contributed by atoms with Gasteiger partial charge in [-0.05, 0) is 11.6 Å². The third kappa shape index (κ3) is 1.65. The second-order valence-electron chi connectivity index (χ2n) is 1.76. The lowest BCUT2D eigenvalue weighted by atomic mass is 10.5. The highest BCUT2D eigenvalue weighted by atomic mass is 35.5. The molecule has 0 spiro atoms. The van der Waals surface area contributed by atoms with E-state index in [-0.39, 0.29) is 4.57 Å². The minimum atomic E-state index is -4.69. The fraction of sp³-hybridized carbons (Fsp3) is 0.400. The van der Waals surface area contributed by atoms with E-state index in [1.807, 2.05) is 0 Å². The molecule has 0 bridgehead atoms. The Hall–Kier alpha value is -0.710. The number of imidazole rings is 1. The number of rotatable bonds is 0. The quantitative estimate of drug-likeness (QED) is 0.608. The van der Waals surface area contributed by atoms with Gasteiger partial charge in [0.1, 0.15) is 0 Å². The lowest BCUT2D eigenvalue weighted by Crippen LogP contribution is -2.04. The van der Waals surface area contributed by atoms with Gasteiger partial charge in [0.15, 0.2) is 5.69 Å². The van der Waals surface area contributed by atoms with Gasteiger partial charge in [-0.3, -0.25) is 0 Å². The zero-order valence-corrected chi connectivity index (χ0v) is 5.74. The predicted molar refractivity (Wildman–Crippen MR) is 33.2 cm³/mol. The van der Waals surface area contributed by atoms with Gasteiger partial charge in [-0.15, -0.1) is 0 Å². The zero-order valence-electron chi connectivity index (χ0n) is 7.98. The average Bonchev–Trinajstić information content (AvgIpc) is 2.27. The van der Waals surface area contributed by atoms with E-state index in [0.717, 1.165) is 0 Å². The van der Waals surface area contributed by atoms with Crippen LogP contribution < -0.4 is 0 Å². The van der Waals surface area contributed by atoms with Crippen molar-refractivity contribution >= 4 is 11.6 Å². The SMILES string of the molecule is [2H]C([2H])([2H])n1cc(C(F)(F)F)nc1Cl. The fourth-order valence-corrected chi connectivity index (χ4v) is 0.634. The summed E-state index contributed by atoms with van der Waals surface area (Å²) in [7, 11) is 0. The minimum absolute atomic E-state index is 0.289. The lowest BCUT2D eigenvalue weighted by molar-refractivity contribution is -0.140. The molecule has 1 rings (SSSR count). The van der Waals surface area contributed by atoms with Crippen LogP contribution in [0.2, 0.25) is 5.28 Å². The summed E-state index contributed by atoms with van der Waals surface area (Å²) in [4.78, 5) is 2.89. The average molecular weight is 188 g/mol. The highest BCUT2D eigenvalue weighted by molar-refractivity contribution is 6.28. The Labute approximate surface area is 69.8 Å². The van der Waals surface area contributed by atoms with Crippen LogP contribution in [0.4, 0.5) is 13.2 Å². The summed E-state index contributed by atoms with van der Waals surface area (Å²) in [5.74, 6) is 0. The molecule has 0 saturated heterocycles. The first-order valence-corrected chi connectivity index (χ1v) is 2.83. The molecule has 0 amide bonds. The van der Waals surface area contributed by atoms with E-state index in [4.69, 9.17) is 15.7 Å². The standard InChI is InChI=1S/C5H4ClF3N2/c1-11-2-3(5(7,8)9)10-4(11)6/h2H,1H3/i1D3.